The van der Waals surface area contributed by atoms with Crippen LogP contribution in [0.15, 0.2) is 52.3 Å². The van der Waals surface area contributed by atoms with Crippen LogP contribution in [0.2, 0.25) is 0 Å². The highest BCUT2D eigenvalue weighted by Gasteiger charge is 2.19. The van der Waals surface area contributed by atoms with Gasteiger partial charge in [-0.15, -0.1) is 11.8 Å². The van der Waals surface area contributed by atoms with Crippen LogP contribution in [0, 0.1) is 25.2 Å². The first-order chi connectivity index (χ1) is 14.8. The number of hydrogen-bond acceptors (Lipinski definition) is 6. The number of thioether (sulfide) groups is 1. The van der Waals surface area contributed by atoms with Crippen LogP contribution in [0.5, 0.6) is 0 Å². The van der Waals surface area contributed by atoms with Crippen molar-refractivity contribution < 1.29 is 14.3 Å². The number of hydrogen-bond donors (Lipinski definition) is 0. The third kappa shape index (κ3) is 4.32. The topological polar surface area (TPSA) is 94.1 Å². The van der Waals surface area contributed by atoms with Crippen LogP contribution in [0.1, 0.15) is 37.7 Å². The molecule has 158 valence electrons. The number of esters is 1. The average Bonchev–Trinajstić information content (AvgIpc) is 3.08. The Balaban J connectivity index is 2.01. The van der Waals surface area contributed by atoms with Crippen LogP contribution in [-0.2, 0) is 11.3 Å². The normalized spacial score (nSPS) is 10.5. The zero-order valence-corrected chi connectivity index (χ0v) is 18.4. The zero-order chi connectivity index (χ0) is 22.7. The van der Waals surface area contributed by atoms with E-state index in [2.05, 4.69) is 4.74 Å². The molecule has 0 radical (unpaired) electrons. The van der Waals surface area contributed by atoms with Crippen molar-refractivity contribution in [2.45, 2.75) is 25.3 Å². The fraction of sp³-hybridized carbons (Fsp3) is 0.217. The molecule has 0 N–H and O–H groups in total. The number of aryl methyl sites for hydroxylation is 1. The van der Waals surface area contributed by atoms with Gasteiger partial charge in [0, 0.05) is 33.7 Å². The molecule has 3 aromatic rings. The van der Waals surface area contributed by atoms with Crippen LogP contribution in [-0.4, -0.2) is 34.3 Å². The van der Waals surface area contributed by atoms with E-state index in [9.17, 15) is 19.6 Å². The Morgan fingerprint density at radius 2 is 1.94 bits per heavy atom. The number of nitrogens with zero attached hydrogens (tertiary/aromatic N) is 3. The van der Waals surface area contributed by atoms with E-state index in [-0.39, 0.29) is 23.5 Å². The molecule has 7 nitrogen and oxygen atoms in total. The standard InChI is InChI=1S/C23H21N3O4S/c1-14-8-20(15(2)26(14)18-6-5-7-19(10-18)31-4)21(27)13-25-12-17(23(29)30-3)9-16(11-24)22(25)28/h5-10,12H,13H2,1-4H3. The van der Waals surface area contributed by atoms with Gasteiger partial charge in [0.05, 0.1) is 19.2 Å². The first-order valence-corrected chi connectivity index (χ1v) is 10.6. The van der Waals surface area contributed by atoms with Crippen molar-refractivity contribution in [1.82, 2.24) is 9.13 Å². The van der Waals surface area contributed by atoms with Gasteiger partial charge in [0.15, 0.2) is 5.78 Å². The average molecular weight is 436 g/mol. The fourth-order valence-electron chi connectivity index (χ4n) is 3.49. The lowest BCUT2D eigenvalue weighted by molar-refractivity contribution is 0.0599. The lowest BCUT2D eigenvalue weighted by atomic mass is 10.1. The van der Waals surface area contributed by atoms with Crippen LogP contribution >= 0.6 is 11.8 Å². The summed E-state index contributed by atoms with van der Waals surface area (Å²) in [5.74, 6) is -0.988. The molecule has 31 heavy (non-hydrogen) atoms. The number of carbonyl (C=O) groups is 2. The van der Waals surface area contributed by atoms with Crippen molar-refractivity contribution in [2.24, 2.45) is 0 Å². The molecule has 0 aliphatic rings. The van der Waals surface area contributed by atoms with Crippen molar-refractivity contribution in [2.75, 3.05) is 13.4 Å². The van der Waals surface area contributed by atoms with Crippen LogP contribution in [0.3, 0.4) is 0 Å². The Morgan fingerprint density at radius 1 is 1.19 bits per heavy atom. The molecule has 1 aromatic carbocycles. The Kier molecular flexibility index (Phi) is 6.47. The van der Waals surface area contributed by atoms with Crippen molar-refractivity contribution in [1.29, 1.82) is 5.26 Å². The number of benzene rings is 1. The maximum atomic E-state index is 13.1. The second-order valence-electron chi connectivity index (χ2n) is 6.92. The molecule has 0 saturated carbocycles. The highest BCUT2D eigenvalue weighted by Crippen LogP contribution is 2.24. The Morgan fingerprint density at radius 3 is 2.58 bits per heavy atom. The molecule has 0 unspecified atom stereocenters. The molecule has 0 saturated heterocycles. The largest absolute Gasteiger partial charge is 0.465 e. The third-order valence-corrected chi connectivity index (χ3v) is 5.71. The summed E-state index contributed by atoms with van der Waals surface area (Å²) in [4.78, 5) is 38.6. The van der Waals surface area contributed by atoms with Gasteiger partial charge in [-0.3, -0.25) is 9.59 Å². The molecule has 0 bridgehead atoms. The smallest absolute Gasteiger partial charge is 0.339 e. The lowest BCUT2D eigenvalue weighted by Gasteiger charge is -2.11. The summed E-state index contributed by atoms with van der Waals surface area (Å²) in [6.45, 7) is 3.46. The minimum absolute atomic E-state index is 0.0332. The van der Waals surface area contributed by atoms with Gasteiger partial charge in [-0.05, 0) is 50.4 Å². The van der Waals surface area contributed by atoms with Gasteiger partial charge in [-0.2, -0.15) is 5.26 Å². The predicted molar refractivity (Wildman–Crippen MR) is 118 cm³/mol. The molecular formula is C23H21N3O4S. The second kappa shape index (κ2) is 9.06. The van der Waals surface area contributed by atoms with Crippen LogP contribution in [0.25, 0.3) is 5.69 Å². The maximum absolute atomic E-state index is 13.1. The maximum Gasteiger partial charge on any atom is 0.339 e. The summed E-state index contributed by atoms with van der Waals surface area (Å²) in [6, 6.07) is 12.7. The molecular weight excluding hydrogens is 414 g/mol. The highest BCUT2D eigenvalue weighted by molar-refractivity contribution is 7.98. The van der Waals surface area contributed by atoms with E-state index in [1.54, 1.807) is 23.9 Å². The van der Waals surface area contributed by atoms with Gasteiger partial charge < -0.3 is 13.9 Å². The zero-order valence-electron chi connectivity index (χ0n) is 17.6. The summed E-state index contributed by atoms with van der Waals surface area (Å²) in [7, 11) is 1.20. The number of rotatable bonds is 6. The minimum atomic E-state index is -0.690. The Bertz CT molecular complexity index is 1280. The van der Waals surface area contributed by atoms with Gasteiger partial charge in [0.1, 0.15) is 11.6 Å². The van der Waals surface area contributed by atoms with Crippen molar-refractivity contribution in [3.05, 3.63) is 81.0 Å². The van der Waals surface area contributed by atoms with Crippen LogP contribution in [0.4, 0.5) is 0 Å². The predicted octanol–water partition coefficient (Wildman–Crippen LogP) is 3.52. The lowest BCUT2D eigenvalue weighted by Crippen LogP contribution is -2.27. The van der Waals surface area contributed by atoms with Gasteiger partial charge in [-0.1, -0.05) is 6.07 Å². The third-order valence-electron chi connectivity index (χ3n) is 4.98. The first-order valence-electron chi connectivity index (χ1n) is 9.40. The minimum Gasteiger partial charge on any atom is -0.465 e. The molecule has 3 rings (SSSR count). The quantitative estimate of drug-likeness (QED) is 0.334. The van der Waals surface area contributed by atoms with E-state index in [4.69, 9.17) is 0 Å². The van der Waals surface area contributed by atoms with Crippen molar-refractivity contribution in [3.63, 3.8) is 0 Å². The van der Waals surface area contributed by atoms with E-state index >= 15 is 0 Å². The number of aromatic nitrogens is 2. The summed E-state index contributed by atoms with van der Waals surface area (Å²) in [5.41, 5.74) is 2.22. The van der Waals surface area contributed by atoms with Gasteiger partial charge >= 0.3 is 5.97 Å². The summed E-state index contributed by atoms with van der Waals surface area (Å²) in [6.07, 6.45) is 3.24. The van der Waals surface area contributed by atoms with Gasteiger partial charge in [0.25, 0.3) is 5.56 Å². The number of methoxy groups -OCH3 is 1. The number of carbonyl (C=O) groups excluding carboxylic acids is 2. The van der Waals surface area contributed by atoms with E-state index in [0.29, 0.717) is 5.56 Å². The molecule has 0 atom stereocenters. The van der Waals surface area contributed by atoms with E-state index in [1.807, 2.05) is 48.9 Å². The Labute approximate surface area is 183 Å². The van der Waals surface area contributed by atoms with E-state index in [1.165, 1.54) is 19.4 Å². The number of pyridine rings is 1. The number of ether oxygens (including phenoxy) is 1. The second-order valence-corrected chi connectivity index (χ2v) is 7.80. The molecule has 0 aliphatic heterocycles. The number of nitriles is 1. The molecule has 2 heterocycles. The van der Waals surface area contributed by atoms with E-state index < -0.39 is 11.5 Å². The van der Waals surface area contributed by atoms with E-state index in [0.717, 1.165) is 26.5 Å². The molecule has 8 heteroatoms. The number of ketones is 1. The van der Waals surface area contributed by atoms with Crippen molar-refractivity contribution in [3.8, 4) is 11.8 Å². The van der Waals surface area contributed by atoms with Crippen molar-refractivity contribution >= 4 is 23.5 Å². The van der Waals surface area contributed by atoms with Gasteiger partial charge in [-0.25, -0.2) is 4.79 Å². The monoisotopic (exact) mass is 435 g/mol. The number of Topliss-reactive ketones (excluding diaryl/α,β-unsaturated/α-hetero) is 1. The highest BCUT2D eigenvalue weighted by atomic mass is 32.2. The summed E-state index contributed by atoms with van der Waals surface area (Å²) in [5, 5.41) is 9.22. The molecule has 0 fully saturated rings. The molecule has 0 amide bonds. The van der Waals surface area contributed by atoms with Gasteiger partial charge in [0.2, 0.25) is 0 Å². The fourth-order valence-corrected chi connectivity index (χ4v) is 3.95. The molecule has 0 aliphatic carbocycles. The first kappa shape index (κ1) is 22.1. The molecule has 2 aromatic heterocycles. The van der Waals surface area contributed by atoms with Crippen LogP contribution < -0.4 is 5.56 Å². The SMILES string of the molecule is COC(=O)c1cc(C#N)c(=O)n(CC(=O)c2cc(C)n(-c3cccc(SC)c3)c2C)c1. The summed E-state index contributed by atoms with van der Waals surface area (Å²) >= 11 is 1.63. The Hall–Kier alpha value is -3.57. The summed E-state index contributed by atoms with van der Waals surface area (Å²) < 4.78 is 7.74. The molecule has 0 spiro atoms.